The summed E-state index contributed by atoms with van der Waals surface area (Å²) in [7, 11) is 0. The number of rotatable bonds is 7. The van der Waals surface area contributed by atoms with Crippen LogP contribution in [0.5, 0.6) is 0 Å². The maximum absolute atomic E-state index is 12.3. The van der Waals surface area contributed by atoms with Gasteiger partial charge in [0.1, 0.15) is 0 Å². The van der Waals surface area contributed by atoms with E-state index in [-0.39, 0.29) is 18.7 Å². The molecule has 1 amide bonds. The number of hydrogen-bond acceptors (Lipinski definition) is 4. The number of aryl methyl sites for hydroxylation is 2. The van der Waals surface area contributed by atoms with Crippen molar-refractivity contribution in [2.45, 2.75) is 26.4 Å². The fourth-order valence-electron chi connectivity index (χ4n) is 2.54. The Hall–Kier alpha value is -2.84. The average molecular weight is 422 g/mol. The van der Waals surface area contributed by atoms with Gasteiger partial charge in [0.25, 0.3) is 5.91 Å². The lowest BCUT2D eigenvalue weighted by Crippen LogP contribution is -2.14. The molecule has 0 saturated carbocycles. The number of hydrogen-bond donors (Lipinski definition) is 2. The molecular formula is C18H17Cl2N5O3. The number of nitrogens with one attached hydrogen (secondary N) is 1. The predicted octanol–water partition coefficient (Wildman–Crippen LogP) is 3.47. The van der Waals surface area contributed by atoms with Crippen LogP contribution in [0, 0.1) is 6.92 Å². The van der Waals surface area contributed by atoms with Gasteiger partial charge in [0.15, 0.2) is 11.5 Å². The summed E-state index contributed by atoms with van der Waals surface area (Å²) in [4.78, 5) is 23.0. The molecule has 3 aromatic rings. The summed E-state index contributed by atoms with van der Waals surface area (Å²) in [5.74, 6) is -0.958. The van der Waals surface area contributed by atoms with Crippen LogP contribution in [0.2, 0.25) is 10.0 Å². The van der Waals surface area contributed by atoms with Crippen LogP contribution in [-0.2, 0) is 17.9 Å². The zero-order valence-electron chi connectivity index (χ0n) is 14.9. The third kappa shape index (κ3) is 4.90. The largest absolute Gasteiger partial charge is 0.481 e. The molecule has 0 atom stereocenters. The number of anilines is 1. The van der Waals surface area contributed by atoms with Crippen molar-refractivity contribution in [3.63, 3.8) is 0 Å². The Labute approximate surface area is 170 Å². The van der Waals surface area contributed by atoms with Gasteiger partial charge in [-0.1, -0.05) is 29.3 Å². The molecule has 0 aliphatic rings. The molecule has 2 heterocycles. The van der Waals surface area contributed by atoms with Crippen molar-refractivity contribution in [1.29, 1.82) is 0 Å². The van der Waals surface area contributed by atoms with Crippen molar-refractivity contribution >= 4 is 40.9 Å². The average Bonchev–Trinajstić information content (AvgIpc) is 3.23. The second-order valence-corrected chi connectivity index (χ2v) is 6.95. The molecule has 0 fully saturated rings. The monoisotopic (exact) mass is 421 g/mol. The molecule has 0 unspecified atom stereocenters. The topological polar surface area (TPSA) is 102 Å². The molecule has 0 aliphatic carbocycles. The van der Waals surface area contributed by atoms with Crippen LogP contribution in [0.15, 0.2) is 36.5 Å². The highest BCUT2D eigenvalue weighted by Gasteiger charge is 2.13. The van der Waals surface area contributed by atoms with E-state index in [2.05, 4.69) is 15.5 Å². The number of aromatic nitrogens is 4. The molecule has 1 aromatic carbocycles. The summed E-state index contributed by atoms with van der Waals surface area (Å²) in [5, 5.41) is 20.8. The Morgan fingerprint density at radius 2 is 1.93 bits per heavy atom. The van der Waals surface area contributed by atoms with E-state index in [1.54, 1.807) is 29.1 Å². The van der Waals surface area contributed by atoms with Crippen LogP contribution in [0.4, 0.5) is 5.82 Å². The highest BCUT2D eigenvalue weighted by Crippen LogP contribution is 2.23. The smallest absolute Gasteiger partial charge is 0.305 e. The minimum atomic E-state index is -0.926. The van der Waals surface area contributed by atoms with Gasteiger partial charge in [0.05, 0.1) is 29.6 Å². The van der Waals surface area contributed by atoms with E-state index >= 15 is 0 Å². The minimum absolute atomic E-state index is 0.0684. The fraction of sp³-hybridized carbons (Fsp3) is 0.222. The summed E-state index contributed by atoms with van der Waals surface area (Å²) in [6.07, 6.45) is 1.49. The Bertz CT molecular complexity index is 1030. The maximum Gasteiger partial charge on any atom is 0.305 e. The molecule has 8 nitrogen and oxygen atoms in total. The quantitative estimate of drug-likeness (QED) is 0.607. The fourth-order valence-corrected chi connectivity index (χ4v) is 2.86. The Balaban J connectivity index is 1.66. The van der Waals surface area contributed by atoms with Gasteiger partial charge in [-0.2, -0.15) is 10.2 Å². The zero-order chi connectivity index (χ0) is 20.3. The molecule has 0 radical (unpaired) electrons. The first-order chi connectivity index (χ1) is 13.3. The van der Waals surface area contributed by atoms with E-state index in [9.17, 15) is 9.59 Å². The molecule has 3 rings (SSSR count). The van der Waals surface area contributed by atoms with E-state index in [1.807, 2.05) is 13.0 Å². The van der Waals surface area contributed by atoms with E-state index < -0.39 is 11.9 Å². The molecule has 0 saturated heterocycles. The summed E-state index contributed by atoms with van der Waals surface area (Å²) >= 11 is 12.0. The molecule has 146 valence electrons. The standard InChI is InChI=1S/C18H17Cl2N5O3/c1-11-8-16(23-25(11)10-12-2-3-13(19)14(20)9-12)21-18(28)15-4-6-24(22-15)7-5-17(26)27/h2-4,6,8-9H,5,7,10H2,1H3,(H,26,27)(H,21,23,28). The first-order valence-corrected chi connectivity index (χ1v) is 9.12. The van der Waals surface area contributed by atoms with Gasteiger partial charge in [-0.25, -0.2) is 0 Å². The zero-order valence-corrected chi connectivity index (χ0v) is 16.4. The van der Waals surface area contributed by atoms with Crippen LogP contribution in [0.3, 0.4) is 0 Å². The van der Waals surface area contributed by atoms with E-state index in [0.717, 1.165) is 11.3 Å². The minimum Gasteiger partial charge on any atom is -0.481 e. The van der Waals surface area contributed by atoms with Gasteiger partial charge < -0.3 is 10.4 Å². The maximum atomic E-state index is 12.3. The highest BCUT2D eigenvalue weighted by atomic mass is 35.5. The van der Waals surface area contributed by atoms with E-state index in [0.29, 0.717) is 22.4 Å². The molecule has 10 heteroatoms. The lowest BCUT2D eigenvalue weighted by Gasteiger charge is -2.06. The van der Waals surface area contributed by atoms with Crippen molar-refractivity contribution in [2.75, 3.05) is 5.32 Å². The Morgan fingerprint density at radius 3 is 2.64 bits per heavy atom. The van der Waals surface area contributed by atoms with Gasteiger partial charge in [-0.15, -0.1) is 0 Å². The van der Waals surface area contributed by atoms with Crippen molar-refractivity contribution in [1.82, 2.24) is 19.6 Å². The van der Waals surface area contributed by atoms with Crippen LogP contribution in [0.25, 0.3) is 0 Å². The van der Waals surface area contributed by atoms with E-state index in [1.165, 1.54) is 10.7 Å². The van der Waals surface area contributed by atoms with Gasteiger partial charge >= 0.3 is 5.97 Å². The SMILES string of the molecule is Cc1cc(NC(=O)c2ccn(CCC(=O)O)n2)nn1Cc1ccc(Cl)c(Cl)c1. The third-order valence-corrected chi connectivity index (χ3v) is 4.71. The van der Waals surface area contributed by atoms with Crippen molar-refractivity contribution in [3.05, 3.63) is 63.5 Å². The molecule has 0 bridgehead atoms. The van der Waals surface area contributed by atoms with Crippen LogP contribution >= 0.6 is 23.2 Å². The number of nitrogens with zero attached hydrogens (tertiary/aromatic N) is 4. The van der Waals surface area contributed by atoms with Gasteiger partial charge in [-0.05, 0) is 30.7 Å². The normalized spacial score (nSPS) is 10.8. The molecule has 0 aliphatic heterocycles. The lowest BCUT2D eigenvalue weighted by atomic mass is 10.2. The summed E-state index contributed by atoms with van der Waals surface area (Å²) in [5.41, 5.74) is 1.96. The number of amides is 1. The number of carboxylic acids is 1. The number of benzene rings is 1. The van der Waals surface area contributed by atoms with Crippen LogP contribution in [-0.4, -0.2) is 36.5 Å². The second kappa shape index (κ2) is 8.45. The number of aliphatic carboxylic acids is 1. The molecular weight excluding hydrogens is 405 g/mol. The summed E-state index contributed by atoms with van der Waals surface area (Å²) in [6, 6.07) is 8.62. The lowest BCUT2D eigenvalue weighted by molar-refractivity contribution is -0.137. The van der Waals surface area contributed by atoms with Gasteiger partial charge in [0, 0.05) is 18.0 Å². The van der Waals surface area contributed by atoms with E-state index in [4.69, 9.17) is 28.3 Å². The molecule has 28 heavy (non-hydrogen) atoms. The van der Waals surface area contributed by atoms with Gasteiger partial charge in [-0.3, -0.25) is 19.0 Å². The van der Waals surface area contributed by atoms with Crippen molar-refractivity contribution < 1.29 is 14.7 Å². The molecule has 2 aromatic heterocycles. The number of halogens is 2. The van der Waals surface area contributed by atoms with Gasteiger partial charge in [0.2, 0.25) is 0 Å². The third-order valence-electron chi connectivity index (χ3n) is 3.97. The van der Waals surface area contributed by atoms with Crippen molar-refractivity contribution in [2.24, 2.45) is 0 Å². The Morgan fingerprint density at radius 1 is 1.14 bits per heavy atom. The highest BCUT2D eigenvalue weighted by molar-refractivity contribution is 6.42. The Kier molecular flexibility index (Phi) is 6.01. The van der Waals surface area contributed by atoms with Crippen LogP contribution < -0.4 is 5.32 Å². The predicted molar refractivity (Wildman–Crippen MR) is 105 cm³/mol. The number of carbonyl (C=O) groups excluding carboxylic acids is 1. The summed E-state index contributed by atoms with van der Waals surface area (Å²) < 4.78 is 3.15. The number of carboxylic acid groups (broad SMARTS) is 1. The summed E-state index contributed by atoms with van der Waals surface area (Å²) in [6.45, 7) is 2.54. The van der Waals surface area contributed by atoms with Crippen molar-refractivity contribution in [3.8, 4) is 0 Å². The number of carbonyl (C=O) groups is 2. The first-order valence-electron chi connectivity index (χ1n) is 8.37. The van der Waals surface area contributed by atoms with Crippen LogP contribution in [0.1, 0.15) is 28.2 Å². The molecule has 2 N–H and O–H groups in total. The second-order valence-electron chi connectivity index (χ2n) is 6.14. The first kappa shape index (κ1) is 19.9. The molecule has 0 spiro atoms.